The monoisotopic (exact) mass is 406 g/mol. The fourth-order valence-corrected chi connectivity index (χ4v) is 5.36. The Morgan fingerprint density at radius 3 is 2.61 bits per heavy atom. The smallest absolute Gasteiger partial charge is 0.303 e. The summed E-state index contributed by atoms with van der Waals surface area (Å²) in [4.78, 5) is 22.8. The number of benzene rings is 1. The van der Waals surface area contributed by atoms with Crippen molar-refractivity contribution in [2.75, 3.05) is 5.75 Å². The SMILES string of the molecule is CC(O)(CCc1ccccc1)CSC1CCC(=O)C1CCCCCCC(=O)O. The second kappa shape index (κ2) is 11.6. The first-order valence-corrected chi connectivity index (χ1v) is 11.5. The van der Waals surface area contributed by atoms with Crippen LogP contribution < -0.4 is 0 Å². The zero-order valence-corrected chi connectivity index (χ0v) is 17.8. The lowest BCUT2D eigenvalue weighted by Crippen LogP contribution is -2.30. The van der Waals surface area contributed by atoms with Crippen molar-refractivity contribution >= 4 is 23.5 Å². The summed E-state index contributed by atoms with van der Waals surface area (Å²) in [5.74, 6) is 0.399. The summed E-state index contributed by atoms with van der Waals surface area (Å²) in [6.45, 7) is 1.90. The molecule has 3 unspecified atom stereocenters. The predicted molar refractivity (Wildman–Crippen MR) is 115 cm³/mol. The van der Waals surface area contributed by atoms with Crippen LogP contribution in [0.1, 0.15) is 70.3 Å². The quantitative estimate of drug-likeness (QED) is 0.457. The lowest BCUT2D eigenvalue weighted by Gasteiger charge is -2.26. The number of aliphatic hydroxyl groups is 1. The van der Waals surface area contributed by atoms with Gasteiger partial charge < -0.3 is 10.2 Å². The van der Waals surface area contributed by atoms with E-state index in [0.717, 1.165) is 51.4 Å². The van der Waals surface area contributed by atoms with E-state index in [-0.39, 0.29) is 12.3 Å². The van der Waals surface area contributed by atoms with Crippen molar-refractivity contribution in [2.45, 2.75) is 82.0 Å². The molecule has 0 heterocycles. The molecule has 0 aromatic heterocycles. The Labute approximate surface area is 173 Å². The van der Waals surface area contributed by atoms with Gasteiger partial charge >= 0.3 is 5.97 Å². The Morgan fingerprint density at radius 1 is 1.18 bits per heavy atom. The molecule has 1 aliphatic carbocycles. The van der Waals surface area contributed by atoms with Crippen LogP contribution >= 0.6 is 11.8 Å². The molecular formula is C23H34O4S. The number of aryl methyl sites for hydroxylation is 1. The van der Waals surface area contributed by atoms with E-state index in [1.807, 2.05) is 25.1 Å². The average Bonchev–Trinajstić information content (AvgIpc) is 3.02. The number of carbonyl (C=O) groups excluding carboxylic acids is 1. The number of carbonyl (C=O) groups is 2. The topological polar surface area (TPSA) is 74.6 Å². The second-order valence-corrected chi connectivity index (χ2v) is 9.52. The van der Waals surface area contributed by atoms with Crippen LogP contribution in [-0.4, -0.2) is 38.6 Å². The first kappa shape index (κ1) is 23.0. The molecule has 0 spiro atoms. The summed E-state index contributed by atoms with van der Waals surface area (Å²) in [6, 6.07) is 10.2. The van der Waals surface area contributed by atoms with Gasteiger partial charge in [-0.3, -0.25) is 9.59 Å². The summed E-state index contributed by atoms with van der Waals surface area (Å²) in [5.41, 5.74) is 0.512. The number of carboxylic acid groups (broad SMARTS) is 1. The van der Waals surface area contributed by atoms with E-state index in [1.165, 1.54) is 5.56 Å². The van der Waals surface area contributed by atoms with Gasteiger partial charge in [-0.2, -0.15) is 11.8 Å². The van der Waals surface area contributed by atoms with Gasteiger partial charge in [0.25, 0.3) is 0 Å². The third-order valence-electron chi connectivity index (χ3n) is 5.60. The molecule has 156 valence electrons. The van der Waals surface area contributed by atoms with E-state index in [0.29, 0.717) is 23.2 Å². The molecule has 2 N–H and O–H groups in total. The lowest BCUT2D eigenvalue weighted by molar-refractivity contribution is -0.137. The highest BCUT2D eigenvalue weighted by Crippen LogP contribution is 2.37. The molecule has 28 heavy (non-hydrogen) atoms. The molecule has 4 nitrogen and oxygen atoms in total. The van der Waals surface area contributed by atoms with Crippen LogP contribution in [0.3, 0.4) is 0 Å². The zero-order valence-electron chi connectivity index (χ0n) is 16.9. The van der Waals surface area contributed by atoms with E-state index in [9.17, 15) is 14.7 Å². The first-order chi connectivity index (χ1) is 13.4. The fraction of sp³-hybridized carbons (Fsp3) is 0.652. The van der Waals surface area contributed by atoms with Crippen LogP contribution in [0.25, 0.3) is 0 Å². The fourth-order valence-electron chi connectivity index (χ4n) is 3.84. The summed E-state index contributed by atoms with van der Waals surface area (Å²) in [7, 11) is 0. The maximum Gasteiger partial charge on any atom is 0.303 e. The third-order valence-corrected chi connectivity index (χ3v) is 7.38. The Balaban J connectivity index is 1.70. The van der Waals surface area contributed by atoms with Crippen LogP contribution in [-0.2, 0) is 16.0 Å². The number of unbranched alkanes of at least 4 members (excludes halogenated alkanes) is 3. The molecular weight excluding hydrogens is 372 g/mol. The van der Waals surface area contributed by atoms with E-state index in [1.54, 1.807) is 11.8 Å². The first-order valence-electron chi connectivity index (χ1n) is 10.5. The van der Waals surface area contributed by atoms with E-state index < -0.39 is 11.6 Å². The Hall–Kier alpha value is -1.33. The molecule has 0 amide bonds. The van der Waals surface area contributed by atoms with Crippen LogP contribution in [0.15, 0.2) is 30.3 Å². The Kier molecular flexibility index (Phi) is 9.52. The number of Topliss-reactive ketones (excluding diaryl/α,β-unsaturated/α-hetero) is 1. The molecule has 0 saturated heterocycles. The van der Waals surface area contributed by atoms with Crippen molar-refractivity contribution in [2.24, 2.45) is 5.92 Å². The molecule has 1 saturated carbocycles. The lowest BCUT2D eigenvalue weighted by atomic mass is 9.98. The van der Waals surface area contributed by atoms with Crippen molar-refractivity contribution in [3.05, 3.63) is 35.9 Å². The zero-order chi connectivity index (χ0) is 20.4. The van der Waals surface area contributed by atoms with Gasteiger partial charge in [0.05, 0.1) is 5.60 Å². The van der Waals surface area contributed by atoms with Crippen LogP contribution in [0, 0.1) is 5.92 Å². The van der Waals surface area contributed by atoms with Crippen LogP contribution in [0.2, 0.25) is 0 Å². The largest absolute Gasteiger partial charge is 0.481 e. The number of ketones is 1. The minimum Gasteiger partial charge on any atom is -0.481 e. The van der Waals surface area contributed by atoms with E-state index in [2.05, 4.69) is 12.1 Å². The van der Waals surface area contributed by atoms with Crippen molar-refractivity contribution < 1.29 is 19.8 Å². The number of aliphatic carboxylic acids is 1. The van der Waals surface area contributed by atoms with Gasteiger partial charge in [-0.15, -0.1) is 0 Å². The molecule has 3 atom stereocenters. The minimum atomic E-state index is -0.734. The highest BCUT2D eigenvalue weighted by atomic mass is 32.2. The number of hydrogen-bond donors (Lipinski definition) is 2. The summed E-state index contributed by atoms with van der Waals surface area (Å²) < 4.78 is 0. The van der Waals surface area contributed by atoms with Crippen LogP contribution in [0.4, 0.5) is 0 Å². The van der Waals surface area contributed by atoms with E-state index >= 15 is 0 Å². The van der Waals surface area contributed by atoms with Crippen LogP contribution in [0.5, 0.6) is 0 Å². The molecule has 1 aromatic rings. The molecule has 1 aromatic carbocycles. The van der Waals surface area contributed by atoms with Gasteiger partial charge in [0.1, 0.15) is 5.78 Å². The van der Waals surface area contributed by atoms with Gasteiger partial charge in [-0.1, -0.05) is 49.6 Å². The maximum atomic E-state index is 12.3. The van der Waals surface area contributed by atoms with E-state index in [4.69, 9.17) is 5.11 Å². The normalized spacial score (nSPS) is 21.6. The van der Waals surface area contributed by atoms with Gasteiger partial charge in [0.2, 0.25) is 0 Å². The number of thioether (sulfide) groups is 1. The van der Waals surface area contributed by atoms with Gasteiger partial charge in [-0.05, 0) is 44.6 Å². The van der Waals surface area contributed by atoms with Gasteiger partial charge in [0, 0.05) is 29.8 Å². The Bertz CT molecular complexity index is 614. The molecule has 2 rings (SSSR count). The number of hydrogen-bond acceptors (Lipinski definition) is 4. The third kappa shape index (κ3) is 8.36. The molecule has 0 bridgehead atoms. The average molecular weight is 407 g/mol. The van der Waals surface area contributed by atoms with Crippen molar-refractivity contribution in [1.29, 1.82) is 0 Å². The number of carboxylic acids is 1. The molecule has 0 radical (unpaired) electrons. The summed E-state index contributed by atoms with van der Waals surface area (Å²) in [5, 5.41) is 19.7. The highest BCUT2D eigenvalue weighted by molar-refractivity contribution is 8.00. The maximum absolute atomic E-state index is 12.3. The number of rotatable bonds is 13. The van der Waals surface area contributed by atoms with Crippen molar-refractivity contribution in [3.63, 3.8) is 0 Å². The van der Waals surface area contributed by atoms with Gasteiger partial charge in [-0.25, -0.2) is 0 Å². The molecule has 0 aliphatic heterocycles. The summed E-state index contributed by atoms with van der Waals surface area (Å²) >= 11 is 1.76. The standard InChI is InChI=1S/C23H34O4S/c1-23(27,16-15-18-9-5-4-6-10-18)17-28-21-14-13-20(24)19(21)11-7-2-3-8-12-22(25)26/h4-6,9-10,19,21,27H,2-3,7-8,11-17H2,1H3,(H,25,26). The second-order valence-electron chi connectivity index (χ2n) is 8.29. The molecule has 1 fully saturated rings. The molecule has 1 aliphatic rings. The predicted octanol–water partition coefficient (Wildman–Crippen LogP) is 4.88. The Morgan fingerprint density at radius 2 is 1.89 bits per heavy atom. The minimum absolute atomic E-state index is 0.106. The van der Waals surface area contributed by atoms with Gasteiger partial charge in [0.15, 0.2) is 0 Å². The summed E-state index contributed by atoms with van der Waals surface area (Å²) in [6.07, 6.45) is 7.90. The van der Waals surface area contributed by atoms with Crippen molar-refractivity contribution in [3.8, 4) is 0 Å². The van der Waals surface area contributed by atoms with Crippen molar-refractivity contribution in [1.82, 2.24) is 0 Å². The molecule has 5 heteroatoms. The highest BCUT2D eigenvalue weighted by Gasteiger charge is 2.35.